The van der Waals surface area contributed by atoms with Gasteiger partial charge in [-0.15, -0.1) is 0 Å². The van der Waals surface area contributed by atoms with Crippen LogP contribution in [0.3, 0.4) is 0 Å². The Kier molecular flexibility index (Phi) is 12.5. The molecule has 0 spiro atoms. The molecule has 0 unspecified atom stereocenters. The number of aliphatic hydroxyl groups is 1. The van der Waals surface area contributed by atoms with Crippen molar-refractivity contribution in [2.24, 2.45) is 5.73 Å². The molecule has 7 amide bonds. The van der Waals surface area contributed by atoms with Crippen molar-refractivity contribution in [1.29, 1.82) is 0 Å². The highest BCUT2D eigenvalue weighted by atomic mass is 16.3. The van der Waals surface area contributed by atoms with Crippen LogP contribution >= 0.6 is 0 Å². The maximum Gasteiger partial charge on any atom is 0.245 e. The molecule has 0 aromatic heterocycles. The second-order valence-electron chi connectivity index (χ2n) is 6.18. The van der Waals surface area contributed by atoms with Crippen molar-refractivity contribution < 1.29 is 38.7 Å². The first-order valence-corrected chi connectivity index (χ1v) is 9.00. The molecule has 0 fully saturated rings. The number of hydrogen-bond donors (Lipinski definition) is 8. The monoisotopic (exact) mass is 445 g/mol. The Bertz CT molecular complexity index is 712. The first-order chi connectivity index (χ1) is 14.5. The molecule has 15 heteroatoms. The van der Waals surface area contributed by atoms with E-state index in [2.05, 4.69) is 31.9 Å². The summed E-state index contributed by atoms with van der Waals surface area (Å²) < 4.78 is 0. The van der Waals surface area contributed by atoms with Gasteiger partial charge in [0.25, 0.3) is 0 Å². The van der Waals surface area contributed by atoms with Gasteiger partial charge >= 0.3 is 0 Å². The normalized spacial score (nSPS) is 11.8. The van der Waals surface area contributed by atoms with Gasteiger partial charge in [0.05, 0.1) is 32.8 Å². The van der Waals surface area contributed by atoms with Crippen LogP contribution < -0.4 is 37.6 Å². The van der Waals surface area contributed by atoms with Crippen LogP contribution in [-0.2, 0) is 33.6 Å². The van der Waals surface area contributed by atoms with Crippen molar-refractivity contribution in [3.05, 3.63) is 0 Å². The molecule has 0 saturated carbocycles. The fourth-order valence-corrected chi connectivity index (χ4v) is 1.83. The van der Waals surface area contributed by atoms with Gasteiger partial charge in [-0.05, 0) is 6.92 Å². The molecule has 0 heterocycles. The average Bonchev–Trinajstić information content (AvgIpc) is 2.70. The molecule has 0 bridgehead atoms. The van der Waals surface area contributed by atoms with Crippen LogP contribution in [-0.4, -0.2) is 91.3 Å². The molecular weight excluding hydrogens is 418 g/mol. The number of carbonyl (C=O) groups is 7. The van der Waals surface area contributed by atoms with E-state index in [0.717, 1.165) is 0 Å². The van der Waals surface area contributed by atoms with E-state index < -0.39 is 79.7 Å². The first-order valence-electron chi connectivity index (χ1n) is 9.00. The number of rotatable bonds is 13. The van der Waals surface area contributed by atoms with Gasteiger partial charge < -0.3 is 42.7 Å². The summed E-state index contributed by atoms with van der Waals surface area (Å²) in [5.41, 5.74) is 4.86. The lowest BCUT2D eigenvalue weighted by atomic mass is 10.2. The fraction of sp³-hybridized carbons (Fsp3) is 0.562. The number of aliphatic hydroxyl groups excluding tert-OH is 1. The Balaban J connectivity index is 4.41. The zero-order valence-electron chi connectivity index (χ0n) is 17.1. The summed E-state index contributed by atoms with van der Waals surface area (Å²) in [5.74, 6) is -4.93. The van der Waals surface area contributed by atoms with Crippen LogP contribution in [0.2, 0.25) is 0 Å². The summed E-state index contributed by atoms with van der Waals surface area (Å²) in [7, 11) is 0. The van der Waals surface area contributed by atoms with Gasteiger partial charge in [0, 0.05) is 6.92 Å². The van der Waals surface area contributed by atoms with E-state index >= 15 is 0 Å². The van der Waals surface area contributed by atoms with E-state index in [9.17, 15) is 38.7 Å². The third kappa shape index (κ3) is 13.2. The van der Waals surface area contributed by atoms with E-state index in [1.54, 1.807) is 0 Å². The summed E-state index contributed by atoms with van der Waals surface area (Å²) in [4.78, 5) is 79.9. The average molecular weight is 445 g/mol. The maximum atomic E-state index is 12.1. The molecule has 0 saturated heterocycles. The molecule has 31 heavy (non-hydrogen) atoms. The third-order valence-electron chi connectivity index (χ3n) is 3.41. The summed E-state index contributed by atoms with van der Waals surface area (Å²) >= 11 is 0. The molecule has 0 rings (SSSR count). The standard InChI is InChI=1S/C16H27N7O8/c1-8(15(30)21-5-13(28)19-3-11(17)26)22-16(31)10(7-24)23-14(29)6-20-12(27)4-18-9(2)25/h8,10,24H,3-7H2,1-2H3,(H2,17,26)(H,18,25)(H,19,28)(H,20,27)(H,21,30)(H,22,31)(H,23,29)/t8-,10-/m0/s1. The largest absolute Gasteiger partial charge is 0.394 e. The molecule has 0 aliphatic rings. The minimum Gasteiger partial charge on any atom is -0.394 e. The highest BCUT2D eigenvalue weighted by Gasteiger charge is 2.24. The topological polar surface area (TPSA) is 238 Å². The van der Waals surface area contributed by atoms with Gasteiger partial charge in [-0.2, -0.15) is 0 Å². The predicted octanol–water partition coefficient (Wildman–Crippen LogP) is -6.06. The Morgan fingerprint density at radius 1 is 0.742 bits per heavy atom. The third-order valence-corrected chi connectivity index (χ3v) is 3.41. The fourth-order valence-electron chi connectivity index (χ4n) is 1.83. The molecule has 15 nitrogen and oxygen atoms in total. The molecule has 0 aromatic rings. The van der Waals surface area contributed by atoms with Crippen molar-refractivity contribution in [2.45, 2.75) is 25.9 Å². The molecule has 0 radical (unpaired) electrons. The summed E-state index contributed by atoms with van der Waals surface area (Å²) in [6, 6.07) is -2.53. The summed E-state index contributed by atoms with van der Waals surface area (Å²) in [5, 5.41) is 22.5. The van der Waals surface area contributed by atoms with Crippen molar-refractivity contribution in [2.75, 3.05) is 32.8 Å². The van der Waals surface area contributed by atoms with Crippen molar-refractivity contribution >= 4 is 41.4 Å². The van der Waals surface area contributed by atoms with Crippen LogP contribution in [0.1, 0.15) is 13.8 Å². The Morgan fingerprint density at radius 2 is 1.26 bits per heavy atom. The minimum absolute atomic E-state index is 0.334. The van der Waals surface area contributed by atoms with Gasteiger partial charge in [-0.25, -0.2) is 0 Å². The second-order valence-corrected chi connectivity index (χ2v) is 6.18. The Labute approximate surface area is 177 Å². The van der Waals surface area contributed by atoms with Crippen LogP contribution in [0.25, 0.3) is 0 Å². The van der Waals surface area contributed by atoms with Crippen LogP contribution in [0.4, 0.5) is 0 Å². The molecule has 0 aromatic carbocycles. The van der Waals surface area contributed by atoms with Gasteiger partial charge in [0.15, 0.2) is 0 Å². The van der Waals surface area contributed by atoms with E-state index in [-0.39, 0.29) is 6.54 Å². The summed E-state index contributed by atoms with van der Waals surface area (Å²) in [6.07, 6.45) is 0. The van der Waals surface area contributed by atoms with Crippen LogP contribution in [0.15, 0.2) is 0 Å². The molecule has 0 aliphatic carbocycles. The first kappa shape index (κ1) is 27.2. The zero-order chi connectivity index (χ0) is 24.0. The highest BCUT2D eigenvalue weighted by molar-refractivity contribution is 5.94. The second kappa shape index (κ2) is 14.3. The lowest BCUT2D eigenvalue weighted by molar-refractivity contribution is -0.133. The van der Waals surface area contributed by atoms with Crippen molar-refractivity contribution in [1.82, 2.24) is 31.9 Å². The molecular formula is C16H27N7O8. The zero-order valence-corrected chi connectivity index (χ0v) is 17.1. The Morgan fingerprint density at radius 3 is 1.77 bits per heavy atom. The van der Waals surface area contributed by atoms with Crippen LogP contribution in [0.5, 0.6) is 0 Å². The highest BCUT2D eigenvalue weighted by Crippen LogP contribution is 1.89. The van der Waals surface area contributed by atoms with E-state index in [4.69, 9.17) is 5.73 Å². The molecule has 174 valence electrons. The number of hydrogen-bond acceptors (Lipinski definition) is 8. The van der Waals surface area contributed by atoms with Gasteiger partial charge in [-0.1, -0.05) is 0 Å². The van der Waals surface area contributed by atoms with Crippen molar-refractivity contribution in [3.63, 3.8) is 0 Å². The SMILES string of the molecule is CC(=O)NCC(=O)NCC(=O)N[C@@H](CO)C(=O)N[C@@H](C)C(=O)NCC(=O)NCC(N)=O. The van der Waals surface area contributed by atoms with Gasteiger partial charge in [0.1, 0.15) is 12.1 Å². The van der Waals surface area contributed by atoms with E-state index in [0.29, 0.717) is 0 Å². The van der Waals surface area contributed by atoms with Crippen molar-refractivity contribution in [3.8, 4) is 0 Å². The number of amides is 7. The summed E-state index contributed by atoms with van der Waals surface area (Å²) in [6.45, 7) is 0.00835. The van der Waals surface area contributed by atoms with Gasteiger partial charge in [-0.3, -0.25) is 33.6 Å². The lowest BCUT2D eigenvalue weighted by Crippen LogP contribution is -2.55. The lowest BCUT2D eigenvalue weighted by Gasteiger charge is -2.19. The molecule has 0 aliphatic heterocycles. The molecule has 2 atom stereocenters. The number of nitrogens with one attached hydrogen (secondary N) is 6. The smallest absolute Gasteiger partial charge is 0.245 e. The van der Waals surface area contributed by atoms with Gasteiger partial charge in [0.2, 0.25) is 41.4 Å². The van der Waals surface area contributed by atoms with Crippen LogP contribution in [0, 0.1) is 0 Å². The number of carbonyl (C=O) groups excluding carboxylic acids is 7. The number of primary amides is 1. The van der Waals surface area contributed by atoms with E-state index in [1.807, 2.05) is 0 Å². The predicted molar refractivity (Wildman–Crippen MR) is 104 cm³/mol. The maximum absolute atomic E-state index is 12.1. The minimum atomic E-state index is -1.41. The Hall–Kier alpha value is -3.75. The van der Waals surface area contributed by atoms with E-state index in [1.165, 1.54) is 13.8 Å². The number of nitrogens with two attached hydrogens (primary N) is 1. The molecule has 9 N–H and O–H groups in total. The quantitative estimate of drug-likeness (QED) is 0.135.